The maximum absolute atomic E-state index is 14.3. The molecule has 0 amide bonds. The smallest absolute Gasteiger partial charge is 0.0849 e. The van der Waals surface area contributed by atoms with E-state index in [1.165, 1.54) is 0 Å². The summed E-state index contributed by atoms with van der Waals surface area (Å²) in [5.41, 5.74) is 6.44. The van der Waals surface area contributed by atoms with E-state index in [4.69, 9.17) is 0 Å². The molecule has 0 radical (unpaired) electrons. The summed E-state index contributed by atoms with van der Waals surface area (Å²) in [7, 11) is -5.97. The number of benzene rings is 8. The molecule has 2 aliphatic rings. The Bertz CT molecular complexity index is 2560. The fraction of sp³-hybridized carbons (Fsp3) is 0.0204. The van der Waals surface area contributed by atoms with Crippen molar-refractivity contribution in [3.8, 4) is 22.3 Å². The highest BCUT2D eigenvalue weighted by atomic mass is 32.2. The van der Waals surface area contributed by atoms with E-state index < -0.39 is 48.6 Å². The van der Waals surface area contributed by atoms with Gasteiger partial charge in [-0.3, -0.25) is 0 Å². The SMILES string of the molecule is O=S(c1ccccc1)c1ccc2c(c1)C1(c3cc(S(=O)c4ccccc4)ccc3-2)c2cc(S(=O)c3ccccc3)ccc2-c2ccc(S(=O)c3ccccc3)cc21. The van der Waals surface area contributed by atoms with Gasteiger partial charge in [0.1, 0.15) is 0 Å². The monoisotopic (exact) mass is 812 g/mol. The molecule has 57 heavy (non-hydrogen) atoms. The lowest BCUT2D eigenvalue weighted by atomic mass is 9.70. The van der Waals surface area contributed by atoms with E-state index in [0.717, 1.165) is 44.5 Å². The van der Waals surface area contributed by atoms with E-state index in [1.807, 2.05) is 194 Å². The van der Waals surface area contributed by atoms with Gasteiger partial charge in [-0.15, -0.1) is 0 Å². The fourth-order valence-corrected chi connectivity index (χ4v) is 12.7. The number of hydrogen-bond donors (Lipinski definition) is 0. The molecular formula is C49H32O4S4. The van der Waals surface area contributed by atoms with Crippen molar-refractivity contribution >= 4 is 43.2 Å². The topological polar surface area (TPSA) is 68.3 Å². The van der Waals surface area contributed by atoms with Gasteiger partial charge >= 0.3 is 0 Å². The van der Waals surface area contributed by atoms with E-state index in [-0.39, 0.29) is 0 Å². The first-order valence-electron chi connectivity index (χ1n) is 18.4. The molecular weight excluding hydrogens is 781 g/mol. The quantitative estimate of drug-likeness (QED) is 0.153. The van der Waals surface area contributed by atoms with Crippen LogP contribution in [0.25, 0.3) is 22.3 Å². The van der Waals surface area contributed by atoms with Crippen LogP contribution in [0.15, 0.2) is 233 Å². The van der Waals surface area contributed by atoms with Crippen LogP contribution in [0.1, 0.15) is 22.3 Å². The van der Waals surface area contributed by atoms with Crippen molar-refractivity contribution in [1.29, 1.82) is 0 Å². The third-order valence-corrected chi connectivity index (χ3v) is 16.4. The Morgan fingerprint density at radius 3 is 0.667 bits per heavy atom. The molecule has 4 unspecified atom stereocenters. The number of fused-ring (bicyclic) bond motifs is 10. The average molecular weight is 813 g/mol. The predicted octanol–water partition coefficient (Wildman–Crippen LogP) is 10.7. The Morgan fingerprint density at radius 1 is 0.246 bits per heavy atom. The molecule has 0 saturated heterocycles. The van der Waals surface area contributed by atoms with Crippen LogP contribution in [-0.4, -0.2) is 16.8 Å². The molecule has 0 bridgehead atoms. The highest BCUT2D eigenvalue weighted by Crippen LogP contribution is 2.64. The van der Waals surface area contributed by atoms with Crippen LogP contribution < -0.4 is 0 Å². The fourth-order valence-electron chi connectivity index (χ4n) is 8.33. The summed E-state index contributed by atoms with van der Waals surface area (Å²) >= 11 is 0. The predicted molar refractivity (Wildman–Crippen MR) is 227 cm³/mol. The Labute approximate surface area is 341 Å². The second-order valence-electron chi connectivity index (χ2n) is 13.9. The molecule has 1 spiro atoms. The van der Waals surface area contributed by atoms with Gasteiger partial charge in [-0.2, -0.15) is 0 Å². The maximum Gasteiger partial charge on any atom is 0.0849 e. The molecule has 10 rings (SSSR count). The Hall–Kier alpha value is -5.64. The van der Waals surface area contributed by atoms with Crippen LogP contribution in [0.3, 0.4) is 0 Å². The van der Waals surface area contributed by atoms with Gasteiger partial charge < -0.3 is 0 Å². The highest BCUT2D eigenvalue weighted by Gasteiger charge is 2.52. The third-order valence-electron chi connectivity index (χ3n) is 10.8. The molecule has 0 N–H and O–H groups in total. The van der Waals surface area contributed by atoms with Crippen molar-refractivity contribution < 1.29 is 16.8 Å². The van der Waals surface area contributed by atoms with Crippen molar-refractivity contribution in [2.45, 2.75) is 44.6 Å². The zero-order valence-electron chi connectivity index (χ0n) is 30.2. The van der Waals surface area contributed by atoms with Crippen molar-refractivity contribution in [3.05, 3.63) is 216 Å². The van der Waals surface area contributed by atoms with Crippen LogP contribution in [0.4, 0.5) is 0 Å². The van der Waals surface area contributed by atoms with Crippen LogP contribution in [0.5, 0.6) is 0 Å². The minimum Gasteiger partial charge on any atom is -0.249 e. The van der Waals surface area contributed by atoms with Gasteiger partial charge in [0, 0.05) is 39.2 Å². The minimum atomic E-state index is -1.49. The van der Waals surface area contributed by atoms with Crippen molar-refractivity contribution in [3.63, 3.8) is 0 Å². The molecule has 0 aliphatic heterocycles. The van der Waals surface area contributed by atoms with E-state index in [1.54, 1.807) is 0 Å². The summed E-state index contributed by atoms with van der Waals surface area (Å²) in [6, 6.07) is 61.8. The maximum atomic E-state index is 14.3. The zero-order chi connectivity index (χ0) is 38.7. The van der Waals surface area contributed by atoms with Crippen LogP contribution in [0, 0.1) is 0 Å². The Balaban J connectivity index is 1.28. The molecule has 4 nitrogen and oxygen atoms in total. The van der Waals surface area contributed by atoms with Gasteiger partial charge in [0.2, 0.25) is 0 Å². The molecule has 2 aliphatic carbocycles. The molecule has 4 atom stereocenters. The van der Waals surface area contributed by atoms with E-state index in [9.17, 15) is 16.8 Å². The average Bonchev–Trinajstić information content (AvgIpc) is 3.74. The molecule has 8 aromatic rings. The largest absolute Gasteiger partial charge is 0.249 e. The van der Waals surface area contributed by atoms with Gasteiger partial charge in [0.25, 0.3) is 0 Å². The molecule has 8 aromatic carbocycles. The molecule has 0 aromatic heterocycles. The van der Waals surface area contributed by atoms with Crippen LogP contribution in [0.2, 0.25) is 0 Å². The first-order valence-corrected chi connectivity index (χ1v) is 23.0. The van der Waals surface area contributed by atoms with E-state index >= 15 is 0 Å². The Morgan fingerprint density at radius 2 is 0.456 bits per heavy atom. The zero-order valence-corrected chi connectivity index (χ0v) is 33.5. The summed E-state index contributed by atoms with van der Waals surface area (Å²) < 4.78 is 57.2. The summed E-state index contributed by atoms with van der Waals surface area (Å²) in [6.45, 7) is 0. The van der Waals surface area contributed by atoms with E-state index in [0.29, 0.717) is 39.2 Å². The first kappa shape index (κ1) is 35.8. The first-order chi connectivity index (χ1) is 27.9. The lowest BCUT2D eigenvalue weighted by molar-refractivity contribution is 0.682. The lowest BCUT2D eigenvalue weighted by Gasteiger charge is -2.31. The highest BCUT2D eigenvalue weighted by molar-refractivity contribution is 7.86. The second kappa shape index (κ2) is 14.4. The number of rotatable bonds is 8. The van der Waals surface area contributed by atoms with Crippen LogP contribution in [-0.2, 0) is 48.6 Å². The summed E-state index contributed by atoms with van der Waals surface area (Å²) in [4.78, 5) is 5.33. The standard InChI is InChI=1S/C49H32O4S4/c50-54(33-13-5-1-6-14-33)37-21-25-41-42-26-22-38(55(51)34-15-7-2-8-16-34)30-46(42)49(45(41)29-37)47-31-39(56(52)35-17-9-3-10-18-35)23-27-43(47)44-28-24-40(32-48(44)49)57(53)36-19-11-4-12-20-36/h1-32H. The lowest BCUT2D eigenvalue weighted by Crippen LogP contribution is -2.26. The summed E-state index contributed by atoms with van der Waals surface area (Å²) in [5.74, 6) is 0. The molecule has 8 heteroatoms. The second-order valence-corrected chi connectivity index (χ2v) is 19.8. The van der Waals surface area contributed by atoms with Crippen molar-refractivity contribution in [1.82, 2.24) is 0 Å². The normalized spacial score (nSPS) is 16.8. The van der Waals surface area contributed by atoms with Gasteiger partial charge in [-0.1, -0.05) is 97.1 Å². The number of hydrogen-bond acceptors (Lipinski definition) is 4. The Kier molecular flexibility index (Phi) is 9.02. The van der Waals surface area contributed by atoms with Gasteiger partial charge in [-0.25, -0.2) is 16.8 Å². The van der Waals surface area contributed by atoms with Crippen molar-refractivity contribution in [2.75, 3.05) is 0 Å². The van der Waals surface area contributed by atoms with Crippen LogP contribution >= 0.6 is 0 Å². The van der Waals surface area contributed by atoms with Gasteiger partial charge in [-0.05, 0) is 142 Å². The third kappa shape index (κ3) is 5.81. The summed E-state index contributed by atoms with van der Waals surface area (Å²) in [5, 5.41) is 0. The molecule has 0 fully saturated rings. The molecule has 276 valence electrons. The summed E-state index contributed by atoms with van der Waals surface area (Å²) in [6.07, 6.45) is 0. The minimum absolute atomic E-state index is 0.642. The van der Waals surface area contributed by atoms with Gasteiger partial charge in [0.05, 0.1) is 48.6 Å². The van der Waals surface area contributed by atoms with Gasteiger partial charge in [0.15, 0.2) is 0 Å². The molecule has 0 saturated carbocycles. The van der Waals surface area contributed by atoms with E-state index in [2.05, 4.69) is 0 Å². The molecule has 0 heterocycles. The van der Waals surface area contributed by atoms with Crippen molar-refractivity contribution in [2.24, 2.45) is 0 Å².